The van der Waals surface area contributed by atoms with E-state index >= 15 is 0 Å². The highest BCUT2D eigenvalue weighted by Crippen LogP contribution is 2.39. The van der Waals surface area contributed by atoms with Crippen LogP contribution in [-0.4, -0.2) is 15.0 Å². The quantitative estimate of drug-likeness (QED) is 0.588. The van der Waals surface area contributed by atoms with Crippen molar-refractivity contribution in [3.8, 4) is 11.3 Å². The molecule has 0 aliphatic heterocycles. The molecule has 0 radical (unpaired) electrons. The molecule has 0 aliphatic rings. The minimum absolute atomic E-state index is 0.0438. The molecule has 140 valence electrons. The molecular formula is C20H24F3N3. The zero-order valence-electron chi connectivity index (χ0n) is 15.7. The van der Waals surface area contributed by atoms with Gasteiger partial charge in [-0.2, -0.15) is 13.2 Å². The SMILES string of the molecule is CC.CCc1cnc(-c2cc3[nH]c(C(C)C)cc3cc2C(F)(F)F)cn1. The summed E-state index contributed by atoms with van der Waals surface area (Å²) in [5, 5.41) is 0.549. The maximum absolute atomic E-state index is 13.5. The molecule has 6 heteroatoms. The summed E-state index contributed by atoms with van der Waals surface area (Å²) >= 11 is 0. The van der Waals surface area contributed by atoms with E-state index in [-0.39, 0.29) is 17.2 Å². The van der Waals surface area contributed by atoms with Gasteiger partial charge in [0.2, 0.25) is 0 Å². The number of aromatic nitrogens is 3. The molecule has 0 bridgehead atoms. The first-order valence-electron chi connectivity index (χ1n) is 8.84. The Bertz CT molecular complexity index is 862. The summed E-state index contributed by atoms with van der Waals surface area (Å²) in [5.74, 6) is 0.207. The number of H-pyrrole nitrogens is 1. The minimum atomic E-state index is -4.45. The van der Waals surface area contributed by atoms with Gasteiger partial charge in [0.1, 0.15) is 0 Å². The highest BCUT2D eigenvalue weighted by atomic mass is 19.4. The van der Waals surface area contributed by atoms with Crippen LogP contribution in [0.1, 0.15) is 57.5 Å². The first kappa shape index (κ1) is 19.9. The van der Waals surface area contributed by atoms with Crippen molar-refractivity contribution in [2.75, 3.05) is 0 Å². The molecule has 3 nitrogen and oxygen atoms in total. The van der Waals surface area contributed by atoms with Crippen molar-refractivity contribution >= 4 is 10.9 Å². The van der Waals surface area contributed by atoms with E-state index in [2.05, 4.69) is 15.0 Å². The maximum atomic E-state index is 13.5. The molecule has 0 saturated heterocycles. The van der Waals surface area contributed by atoms with Crippen molar-refractivity contribution < 1.29 is 13.2 Å². The van der Waals surface area contributed by atoms with Crippen LogP contribution in [0.4, 0.5) is 13.2 Å². The minimum Gasteiger partial charge on any atom is -0.358 e. The lowest BCUT2D eigenvalue weighted by Crippen LogP contribution is -2.08. The van der Waals surface area contributed by atoms with Gasteiger partial charge in [0, 0.05) is 28.4 Å². The number of rotatable bonds is 3. The van der Waals surface area contributed by atoms with E-state index in [0.717, 1.165) is 11.4 Å². The second-order valence-electron chi connectivity index (χ2n) is 6.11. The van der Waals surface area contributed by atoms with Crippen LogP contribution in [0, 0.1) is 0 Å². The van der Waals surface area contributed by atoms with Crippen LogP contribution in [0.25, 0.3) is 22.2 Å². The average Bonchev–Trinajstić information content (AvgIpc) is 3.05. The third-order valence-electron chi connectivity index (χ3n) is 4.05. The summed E-state index contributed by atoms with van der Waals surface area (Å²) < 4.78 is 40.5. The number of aromatic amines is 1. The van der Waals surface area contributed by atoms with Crippen LogP contribution in [-0.2, 0) is 12.6 Å². The maximum Gasteiger partial charge on any atom is 0.417 e. The van der Waals surface area contributed by atoms with Crippen molar-refractivity contribution in [3.63, 3.8) is 0 Å². The number of nitrogens with one attached hydrogen (secondary N) is 1. The Morgan fingerprint density at radius 1 is 1.04 bits per heavy atom. The van der Waals surface area contributed by atoms with E-state index in [0.29, 0.717) is 17.3 Å². The Morgan fingerprint density at radius 2 is 1.73 bits per heavy atom. The largest absolute Gasteiger partial charge is 0.417 e. The summed E-state index contributed by atoms with van der Waals surface area (Å²) in [4.78, 5) is 11.5. The van der Waals surface area contributed by atoms with Gasteiger partial charge in [-0.1, -0.05) is 34.6 Å². The molecule has 0 unspecified atom stereocenters. The smallest absolute Gasteiger partial charge is 0.358 e. The average molecular weight is 363 g/mol. The number of nitrogens with zero attached hydrogens (tertiary/aromatic N) is 2. The zero-order valence-corrected chi connectivity index (χ0v) is 15.7. The Hall–Kier alpha value is -2.37. The number of alkyl halides is 3. The molecule has 0 spiro atoms. The van der Waals surface area contributed by atoms with Crippen molar-refractivity contribution in [3.05, 3.63) is 47.5 Å². The number of hydrogen-bond acceptors (Lipinski definition) is 2. The molecule has 0 fully saturated rings. The third-order valence-corrected chi connectivity index (χ3v) is 4.05. The van der Waals surface area contributed by atoms with Crippen LogP contribution in [0.2, 0.25) is 0 Å². The van der Waals surface area contributed by atoms with E-state index in [4.69, 9.17) is 0 Å². The van der Waals surface area contributed by atoms with Crippen molar-refractivity contribution in [2.24, 2.45) is 0 Å². The summed E-state index contributed by atoms with van der Waals surface area (Å²) in [6.07, 6.45) is -0.841. The molecule has 0 aliphatic carbocycles. The molecule has 3 rings (SSSR count). The Kier molecular flexibility index (Phi) is 6.05. The second kappa shape index (κ2) is 7.89. The summed E-state index contributed by atoms with van der Waals surface area (Å²) in [6.45, 7) is 9.90. The lowest BCUT2D eigenvalue weighted by atomic mass is 10.0. The Labute approximate surface area is 151 Å². The molecule has 3 aromatic rings. The van der Waals surface area contributed by atoms with Gasteiger partial charge in [0.25, 0.3) is 0 Å². The summed E-state index contributed by atoms with van der Waals surface area (Å²) in [5.41, 5.74) is 1.90. The topological polar surface area (TPSA) is 41.6 Å². The van der Waals surface area contributed by atoms with Crippen LogP contribution < -0.4 is 0 Å². The van der Waals surface area contributed by atoms with Gasteiger partial charge >= 0.3 is 6.18 Å². The van der Waals surface area contributed by atoms with Crippen molar-refractivity contribution in [1.82, 2.24) is 15.0 Å². The van der Waals surface area contributed by atoms with E-state index < -0.39 is 11.7 Å². The van der Waals surface area contributed by atoms with Crippen molar-refractivity contribution in [2.45, 2.75) is 53.1 Å². The third kappa shape index (κ3) is 4.06. The van der Waals surface area contributed by atoms with Gasteiger partial charge in [-0.3, -0.25) is 9.97 Å². The number of fused-ring (bicyclic) bond motifs is 1. The number of hydrogen-bond donors (Lipinski definition) is 1. The fourth-order valence-corrected chi connectivity index (χ4v) is 2.64. The Balaban J connectivity index is 0.00000117. The van der Waals surface area contributed by atoms with Crippen LogP contribution in [0.3, 0.4) is 0 Å². The fraction of sp³-hybridized carbons (Fsp3) is 0.400. The molecule has 26 heavy (non-hydrogen) atoms. The first-order chi connectivity index (χ1) is 12.3. The lowest BCUT2D eigenvalue weighted by molar-refractivity contribution is -0.137. The molecule has 0 amide bonds. The van der Waals surface area contributed by atoms with Crippen molar-refractivity contribution in [1.29, 1.82) is 0 Å². The highest BCUT2D eigenvalue weighted by molar-refractivity contribution is 5.87. The number of benzene rings is 1. The summed E-state index contributed by atoms with van der Waals surface area (Å²) in [7, 11) is 0. The zero-order chi connectivity index (χ0) is 19.5. The molecule has 0 atom stereocenters. The van der Waals surface area contributed by atoms with Crippen LogP contribution in [0.5, 0.6) is 0 Å². The van der Waals surface area contributed by atoms with Gasteiger partial charge in [-0.25, -0.2) is 0 Å². The lowest BCUT2D eigenvalue weighted by Gasteiger charge is -2.13. The summed E-state index contributed by atoms with van der Waals surface area (Å²) in [6, 6.07) is 4.47. The van der Waals surface area contributed by atoms with E-state index in [1.54, 1.807) is 6.07 Å². The molecule has 0 saturated carbocycles. The molecule has 2 aromatic heterocycles. The molecular weight excluding hydrogens is 339 g/mol. The Morgan fingerprint density at radius 3 is 2.23 bits per heavy atom. The first-order valence-corrected chi connectivity index (χ1v) is 8.84. The van der Waals surface area contributed by atoms with Crippen LogP contribution in [0.15, 0.2) is 30.6 Å². The normalized spacial score (nSPS) is 11.6. The predicted octanol–water partition coefficient (Wildman–Crippen LogP) is 6.36. The predicted molar refractivity (Wildman–Crippen MR) is 99.1 cm³/mol. The number of halogens is 3. The molecule has 1 N–H and O–H groups in total. The molecule has 1 aromatic carbocycles. The van der Waals surface area contributed by atoms with Gasteiger partial charge in [-0.15, -0.1) is 0 Å². The van der Waals surface area contributed by atoms with E-state index in [1.165, 1.54) is 24.5 Å². The monoisotopic (exact) mass is 363 g/mol. The van der Waals surface area contributed by atoms with Gasteiger partial charge < -0.3 is 4.98 Å². The second-order valence-corrected chi connectivity index (χ2v) is 6.11. The highest BCUT2D eigenvalue weighted by Gasteiger charge is 2.34. The fourth-order valence-electron chi connectivity index (χ4n) is 2.64. The standard InChI is InChI=1S/C18H18F3N3.C2H6/c1-4-12-8-23-17(9-22-12)13-7-16-11(5-14(13)18(19,20)21)6-15(24-16)10(2)3;1-2/h5-10,24H,4H2,1-3H3;1-2H3. The van der Waals surface area contributed by atoms with Gasteiger partial charge in [0.05, 0.1) is 23.1 Å². The number of aryl methyl sites for hydroxylation is 1. The molecule has 2 heterocycles. The van der Waals surface area contributed by atoms with E-state index in [1.807, 2.05) is 34.6 Å². The van der Waals surface area contributed by atoms with Gasteiger partial charge in [-0.05, 0) is 30.5 Å². The van der Waals surface area contributed by atoms with Gasteiger partial charge in [0.15, 0.2) is 0 Å². The van der Waals surface area contributed by atoms with Crippen LogP contribution >= 0.6 is 0 Å². The van der Waals surface area contributed by atoms with E-state index in [9.17, 15) is 13.2 Å².